The lowest BCUT2D eigenvalue weighted by molar-refractivity contribution is -0.0790. The lowest BCUT2D eigenvalue weighted by atomic mass is 10.0. The maximum Gasteiger partial charge on any atom is 0.409 e. The molecule has 0 fully saturated rings. The van der Waals surface area contributed by atoms with Crippen LogP contribution in [0.3, 0.4) is 0 Å². The zero-order valence-electron chi connectivity index (χ0n) is 14.9. The molecule has 3 rings (SSSR count). The number of benzene rings is 1. The molecule has 0 saturated carbocycles. The van der Waals surface area contributed by atoms with E-state index in [1.807, 2.05) is 0 Å². The van der Waals surface area contributed by atoms with Gasteiger partial charge in [-0.2, -0.15) is 13.2 Å². The van der Waals surface area contributed by atoms with Gasteiger partial charge in [0.25, 0.3) is 5.91 Å². The van der Waals surface area contributed by atoms with Crippen molar-refractivity contribution in [3.8, 4) is 5.75 Å². The number of hydrogen-bond donors (Lipinski definition) is 3. The van der Waals surface area contributed by atoms with Crippen molar-refractivity contribution >= 4 is 23.5 Å². The number of alkyl halides is 3. The van der Waals surface area contributed by atoms with E-state index in [2.05, 4.69) is 15.6 Å². The van der Waals surface area contributed by atoms with Crippen LogP contribution in [0.4, 0.5) is 24.7 Å². The van der Waals surface area contributed by atoms with Gasteiger partial charge < -0.3 is 20.5 Å². The quantitative estimate of drug-likeness (QED) is 0.742. The van der Waals surface area contributed by atoms with Gasteiger partial charge in [0.1, 0.15) is 6.61 Å². The van der Waals surface area contributed by atoms with Gasteiger partial charge in [0.15, 0.2) is 11.6 Å². The Labute approximate surface area is 159 Å². The molecule has 9 heteroatoms. The molecule has 0 aliphatic carbocycles. The van der Waals surface area contributed by atoms with E-state index in [4.69, 9.17) is 9.84 Å². The number of ether oxygens (including phenoxy) is 1. The zero-order valence-corrected chi connectivity index (χ0v) is 14.9. The lowest BCUT2D eigenvalue weighted by Gasteiger charge is -2.25. The smallest absolute Gasteiger partial charge is 0.409 e. The summed E-state index contributed by atoms with van der Waals surface area (Å²) in [6.45, 7) is 1.83. The lowest BCUT2D eigenvalue weighted by Crippen LogP contribution is -2.34. The molecule has 6 nitrogen and oxygen atoms in total. The Bertz CT molecular complexity index is 913. The van der Waals surface area contributed by atoms with Crippen molar-refractivity contribution in [1.82, 2.24) is 4.98 Å². The van der Waals surface area contributed by atoms with Gasteiger partial charge in [-0.25, -0.2) is 4.98 Å². The number of aliphatic hydroxyl groups is 1. The Morgan fingerprint density at radius 2 is 2.21 bits per heavy atom. The number of halogens is 3. The molecule has 3 N–H and O–H groups in total. The van der Waals surface area contributed by atoms with Crippen molar-refractivity contribution in [1.29, 1.82) is 0 Å². The van der Waals surface area contributed by atoms with Crippen LogP contribution in [-0.4, -0.2) is 41.4 Å². The van der Waals surface area contributed by atoms with Crippen LogP contribution in [0.15, 0.2) is 36.5 Å². The van der Waals surface area contributed by atoms with E-state index in [0.717, 1.165) is 6.08 Å². The van der Waals surface area contributed by atoms with E-state index >= 15 is 0 Å². The van der Waals surface area contributed by atoms with E-state index in [9.17, 15) is 18.0 Å². The zero-order chi connectivity index (χ0) is 20.3. The number of pyridine rings is 1. The average molecular weight is 393 g/mol. The third-order valence-electron chi connectivity index (χ3n) is 4.07. The Morgan fingerprint density at radius 3 is 2.89 bits per heavy atom. The van der Waals surface area contributed by atoms with Gasteiger partial charge in [-0.1, -0.05) is 18.2 Å². The molecule has 148 valence electrons. The number of rotatable bonds is 4. The summed E-state index contributed by atoms with van der Waals surface area (Å²) in [4.78, 5) is 16.7. The summed E-state index contributed by atoms with van der Waals surface area (Å²) in [5, 5.41) is 14.9. The molecule has 1 atom stereocenters. The topological polar surface area (TPSA) is 83.5 Å². The van der Waals surface area contributed by atoms with E-state index in [-0.39, 0.29) is 25.3 Å². The normalized spacial score (nSPS) is 16.2. The fourth-order valence-electron chi connectivity index (χ4n) is 2.69. The van der Waals surface area contributed by atoms with Crippen LogP contribution in [0.5, 0.6) is 5.75 Å². The molecule has 2 aromatic rings. The van der Waals surface area contributed by atoms with Gasteiger partial charge in [0.2, 0.25) is 0 Å². The van der Waals surface area contributed by atoms with E-state index in [1.165, 1.54) is 24.4 Å². The number of fused-ring (bicyclic) bond motifs is 1. The van der Waals surface area contributed by atoms with Gasteiger partial charge >= 0.3 is 6.18 Å². The predicted octanol–water partition coefficient (Wildman–Crippen LogP) is 3.38. The molecule has 1 aromatic heterocycles. The van der Waals surface area contributed by atoms with Crippen LogP contribution in [0.2, 0.25) is 0 Å². The maximum atomic E-state index is 12.5. The van der Waals surface area contributed by atoms with Crippen molar-refractivity contribution < 1.29 is 27.8 Å². The molecule has 0 spiro atoms. The summed E-state index contributed by atoms with van der Waals surface area (Å²) in [7, 11) is 0. The molecule has 2 heterocycles. The minimum atomic E-state index is -4.39. The Kier molecular flexibility index (Phi) is 5.55. The number of carbonyl (C=O) groups is 1. The number of hydrogen-bond acceptors (Lipinski definition) is 5. The van der Waals surface area contributed by atoms with Gasteiger partial charge in [-0.15, -0.1) is 0 Å². The predicted molar refractivity (Wildman–Crippen MR) is 98.4 cm³/mol. The summed E-state index contributed by atoms with van der Waals surface area (Å²) in [5.41, 5.74) is 1.63. The number of aliphatic hydroxyl groups excluding tert-OH is 1. The Hall–Kier alpha value is -3.07. The Balaban J connectivity index is 1.72. The molecule has 1 aliphatic rings. The molecule has 1 amide bonds. The third kappa shape index (κ3) is 4.80. The molecule has 1 aliphatic heterocycles. The number of aryl methyl sites for hydroxylation is 1. The van der Waals surface area contributed by atoms with Crippen LogP contribution < -0.4 is 15.4 Å². The van der Waals surface area contributed by atoms with Crippen molar-refractivity contribution in [3.05, 3.63) is 53.2 Å². The number of carbonyl (C=O) groups excluding carboxylic acids is 1. The van der Waals surface area contributed by atoms with Crippen LogP contribution in [0.25, 0.3) is 6.08 Å². The van der Waals surface area contributed by atoms with E-state index in [0.29, 0.717) is 33.9 Å². The highest BCUT2D eigenvalue weighted by Gasteiger charge is 2.22. The minimum Gasteiger partial charge on any atom is -0.487 e. The second-order valence-electron chi connectivity index (χ2n) is 6.31. The molecule has 0 bridgehead atoms. The highest BCUT2D eigenvalue weighted by Crippen LogP contribution is 2.29. The van der Waals surface area contributed by atoms with Crippen LogP contribution in [0, 0.1) is 6.92 Å². The highest BCUT2D eigenvalue weighted by molar-refractivity contribution is 6.05. The SMILES string of the molecule is Cc1cc(C=CC(F)(F)F)ccc1C(=O)Nc1cnc2c(c1)OCC(CO)N2. The fraction of sp³-hybridized carbons (Fsp3) is 0.263. The first-order chi connectivity index (χ1) is 13.2. The van der Waals surface area contributed by atoms with Crippen LogP contribution in [-0.2, 0) is 0 Å². The van der Waals surface area contributed by atoms with Gasteiger partial charge in [0, 0.05) is 17.7 Å². The summed E-state index contributed by atoms with van der Waals surface area (Å²) >= 11 is 0. The molecule has 0 saturated heterocycles. The number of nitrogens with zero attached hydrogens (tertiary/aromatic N) is 1. The first-order valence-electron chi connectivity index (χ1n) is 8.43. The van der Waals surface area contributed by atoms with Gasteiger partial charge in [-0.05, 0) is 24.1 Å². The maximum absolute atomic E-state index is 12.5. The molecule has 0 radical (unpaired) electrons. The minimum absolute atomic E-state index is 0.0902. The molecule has 28 heavy (non-hydrogen) atoms. The monoisotopic (exact) mass is 393 g/mol. The first kappa shape index (κ1) is 19.7. The van der Waals surface area contributed by atoms with Crippen molar-refractivity contribution in [2.45, 2.75) is 19.1 Å². The van der Waals surface area contributed by atoms with Gasteiger partial charge in [-0.3, -0.25) is 4.79 Å². The van der Waals surface area contributed by atoms with Crippen LogP contribution >= 0.6 is 0 Å². The second-order valence-corrected chi connectivity index (χ2v) is 6.31. The van der Waals surface area contributed by atoms with Crippen molar-refractivity contribution in [2.75, 3.05) is 23.8 Å². The first-order valence-corrected chi connectivity index (χ1v) is 8.43. The summed E-state index contributed by atoms with van der Waals surface area (Å²) < 4.78 is 42.3. The fourth-order valence-corrected chi connectivity index (χ4v) is 2.69. The summed E-state index contributed by atoms with van der Waals surface area (Å²) in [6, 6.07) is 5.78. The van der Waals surface area contributed by atoms with Crippen molar-refractivity contribution in [3.63, 3.8) is 0 Å². The summed E-state index contributed by atoms with van der Waals surface area (Å²) in [5.74, 6) is 0.509. The Morgan fingerprint density at radius 1 is 1.43 bits per heavy atom. The number of allylic oxidation sites excluding steroid dienone is 1. The standard InChI is InChI=1S/C19H18F3N3O3/c1-11-6-12(4-5-19(20,21)22)2-3-15(11)18(27)25-13-7-16-17(23-8-13)24-14(9-26)10-28-16/h2-8,14,26H,9-10H2,1H3,(H,23,24)(H,25,27). The van der Waals surface area contributed by atoms with E-state index in [1.54, 1.807) is 13.0 Å². The third-order valence-corrected chi connectivity index (χ3v) is 4.07. The highest BCUT2D eigenvalue weighted by atomic mass is 19.4. The molecular formula is C19H18F3N3O3. The van der Waals surface area contributed by atoms with Gasteiger partial charge in [0.05, 0.1) is 24.5 Å². The number of aromatic nitrogens is 1. The van der Waals surface area contributed by atoms with Crippen LogP contribution in [0.1, 0.15) is 21.5 Å². The number of amides is 1. The molecule has 1 aromatic carbocycles. The largest absolute Gasteiger partial charge is 0.487 e. The molecule has 1 unspecified atom stereocenters. The second kappa shape index (κ2) is 7.89. The average Bonchev–Trinajstić information content (AvgIpc) is 2.65. The summed E-state index contributed by atoms with van der Waals surface area (Å²) in [6.07, 6.45) is -1.85. The van der Waals surface area contributed by atoms with E-state index < -0.39 is 12.1 Å². The van der Waals surface area contributed by atoms with Crippen molar-refractivity contribution in [2.24, 2.45) is 0 Å². The molecular weight excluding hydrogens is 375 g/mol. The number of nitrogens with one attached hydrogen (secondary N) is 2. The number of anilines is 2.